The van der Waals surface area contributed by atoms with Crippen molar-refractivity contribution in [1.82, 2.24) is 4.90 Å². The standard InChI is InChI=1S/C9H18N2O.C2H6/c1-6-4-11(3)5-7(2)8(6)9(10)12;1-2/h6-8H,4-5H2,1-3H3,(H2,10,12);1-2H3. The molecule has 2 unspecified atom stereocenters. The molecule has 1 amide bonds. The third-order valence-corrected chi connectivity index (χ3v) is 2.75. The lowest BCUT2D eigenvalue weighted by Gasteiger charge is -2.37. The lowest BCUT2D eigenvalue weighted by atomic mass is 9.79. The number of hydrogen-bond acceptors (Lipinski definition) is 2. The Morgan fingerprint density at radius 3 is 1.86 bits per heavy atom. The van der Waals surface area contributed by atoms with Gasteiger partial charge in [-0.2, -0.15) is 0 Å². The minimum atomic E-state index is -0.136. The first-order valence-corrected chi connectivity index (χ1v) is 5.50. The number of nitrogens with zero attached hydrogens (tertiary/aromatic N) is 1. The summed E-state index contributed by atoms with van der Waals surface area (Å²) >= 11 is 0. The molecule has 0 bridgehead atoms. The number of likely N-dealkylation sites (tertiary alicyclic amines) is 1. The zero-order chi connectivity index (χ0) is 11.3. The molecule has 3 nitrogen and oxygen atoms in total. The highest BCUT2D eigenvalue weighted by atomic mass is 16.1. The second-order valence-electron chi connectivity index (χ2n) is 4.10. The smallest absolute Gasteiger partial charge is 0.221 e. The SMILES string of the molecule is CC.CC1CN(C)CC(C)C1C(N)=O. The van der Waals surface area contributed by atoms with E-state index in [1.165, 1.54) is 0 Å². The van der Waals surface area contributed by atoms with Gasteiger partial charge in [-0.25, -0.2) is 0 Å². The Morgan fingerprint density at radius 2 is 1.57 bits per heavy atom. The van der Waals surface area contributed by atoms with E-state index < -0.39 is 0 Å². The van der Waals surface area contributed by atoms with Crippen LogP contribution in [0.5, 0.6) is 0 Å². The molecule has 0 aliphatic carbocycles. The summed E-state index contributed by atoms with van der Waals surface area (Å²) in [7, 11) is 2.09. The molecule has 2 N–H and O–H groups in total. The van der Waals surface area contributed by atoms with Gasteiger partial charge >= 0.3 is 0 Å². The molecule has 0 spiro atoms. The van der Waals surface area contributed by atoms with E-state index in [0.29, 0.717) is 11.8 Å². The molecule has 0 saturated carbocycles. The molecule has 1 saturated heterocycles. The minimum Gasteiger partial charge on any atom is -0.369 e. The van der Waals surface area contributed by atoms with Crippen LogP contribution in [-0.4, -0.2) is 30.9 Å². The first kappa shape index (κ1) is 13.4. The minimum absolute atomic E-state index is 0.0706. The number of rotatable bonds is 1. The van der Waals surface area contributed by atoms with E-state index in [4.69, 9.17) is 5.73 Å². The predicted octanol–water partition coefficient (Wildman–Crippen LogP) is 1.33. The van der Waals surface area contributed by atoms with Gasteiger partial charge in [-0.1, -0.05) is 27.7 Å². The maximum Gasteiger partial charge on any atom is 0.221 e. The zero-order valence-corrected chi connectivity index (χ0v) is 10.1. The van der Waals surface area contributed by atoms with Gasteiger partial charge in [0.1, 0.15) is 0 Å². The normalized spacial score (nSPS) is 33.1. The van der Waals surface area contributed by atoms with Crippen LogP contribution < -0.4 is 5.73 Å². The average molecular weight is 200 g/mol. The number of piperidine rings is 1. The summed E-state index contributed by atoms with van der Waals surface area (Å²) in [6.45, 7) is 10.2. The van der Waals surface area contributed by atoms with Crippen LogP contribution in [0.2, 0.25) is 0 Å². The highest BCUT2D eigenvalue weighted by Crippen LogP contribution is 2.26. The van der Waals surface area contributed by atoms with Crippen molar-refractivity contribution in [1.29, 1.82) is 0 Å². The molecule has 1 aliphatic rings. The summed E-state index contributed by atoms with van der Waals surface area (Å²) in [5, 5.41) is 0. The third-order valence-electron chi connectivity index (χ3n) is 2.75. The largest absolute Gasteiger partial charge is 0.369 e. The molecule has 0 aromatic heterocycles. The van der Waals surface area contributed by atoms with Crippen molar-refractivity contribution >= 4 is 5.91 Å². The number of primary amides is 1. The summed E-state index contributed by atoms with van der Waals surface area (Å²) in [6.07, 6.45) is 0. The molecule has 1 heterocycles. The van der Waals surface area contributed by atoms with E-state index >= 15 is 0 Å². The summed E-state index contributed by atoms with van der Waals surface area (Å²) in [4.78, 5) is 13.3. The van der Waals surface area contributed by atoms with Gasteiger partial charge in [-0.3, -0.25) is 4.79 Å². The molecule has 0 aromatic carbocycles. The Kier molecular flexibility index (Phi) is 5.77. The molecule has 1 fully saturated rings. The van der Waals surface area contributed by atoms with E-state index in [1.54, 1.807) is 0 Å². The van der Waals surface area contributed by atoms with Crippen LogP contribution in [0.25, 0.3) is 0 Å². The van der Waals surface area contributed by atoms with Crippen molar-refractivity contribution in [3.63, 3.8) is 0 Å². The number of carbonyl (C=O) groups is 1. The van der Waals surface area contributed by atoms with Gasteiger partial charge in [0.2, 0.25) is 5.91 Å². The number of carbonyl (C=O) groups excluding carboxylic acids is 1. The van der Waals surface area contributed by atoms with E-state index in [9.17, 15) is 4.79 Å². The maximum absolute atomic E-state index is 11.1. The topological polar surface area (TPSA) is 46.3 Å². The summed E-state index contributed by atoms with van der Waals surface area (Å²) in [5.41, 5.74) is 5.34. The van der Waals surface area contributed by atoms with Crippen molar-refractivity contribution < 1.29 is 4.79 Å². The second kappa shape index (κ2) is 6.02. The lowest BCUT2D eigenvalue weighted by Crippen LogP contribution is -2.47. The van der Waals surface area contributed by atoms with Crippen LogP contribution in [0.3, 0.4) is 0 Å². The van der Waals surface area contributed by atoms with Gasteiger partial charge in [0.05, 0.1) is 0 Å². The monoisotopic (exact) mass is 200 g/mol. The van der Waals surface area contributed by atoms with Gasteiger partial charge in [-0.05, 0) is 18.9 Å². The summed E-state index contributed by atoms with van der Waals surface area (Å²) < 4.78 is 0. The van der Waals surface area contributed by atoms with Crippen LogP contribution in [0.1, 0.15) is 27.7 Å². The Labute approximate surface area is 87.6 Å². The molecule has 0 radical (unpaired) electrons. The molecule has 14 heavy (non-hydrogen) atoms. The number of amides is 1. The van der Waals surface area contributed by atoms with E-state index in [2.05, 4.69) is 25.8 Å². The first-order valence-electron chi connectivity index (χ1n) is 5.50. The first-order chi connectivity index (χ1) is 6.52. The van der Waals surface area contributed by atoms with Crippen LogP contribution in [0.15, 0.2) is 0 Å². The van der Waals surface area contributed by atoms with Gasteiger partial charge in [0.25, 0.3) is 0 Å². The van der Waals surface area contributed by atoms with Crippen molar-refractivity contribution in [2.24, 2.45) is 23.5 Å². The van der Waals surface area contributed by atoms with Crippen molar-refractivity contribution in [2.45, 2.75) is 27.7 Å². The van der Waals surface area contributed by atoms with Gasteiger partial charge in [-0.15, -0.1) is 0 Å². The molecule has 84 valence electrons. The van der Waals surface area contributed by atoms with Crippen LogP contribution in [-0.2, 0) is 4.79 Å². The zero-order valence-electron chi connectivity index (χ0n) is 10.1. The van der Waals surface area contributed by atoms with Crippen LogP contribution in [0.4, 0.5) is 0 Å². The summed E-state index contributed by atoms with van der Waals surface area (Å²) in [5.74, 6) is 0.733. The van der Waals surface area contributed by atoms with Crippen LogP contribution >= 0.6 is 0 Å². The molecule has 1 aliphatic heterocycles. The fraction of sp³-hybridized carbons (Fsp3) is 0.909. The number of hydrogen-bond donors (Lipinski definition) is 1. The third kappa shape index (κ3) is 3.29. The fourth-order valence-corrected chi connectivity index (χ4v) is 2.41. The summed E-state index contributed by atoms with van der Waals surface area (Å²) in [6, 6.07) is 0. The lowest BCUT2D eigenvalue weighted by molar-refractivity contribution is -0.127. The van der Waals surface area contributed by atoms with Gasteiger partial charge in [0, 0.05) is 19.0 Å². The molecule has 3 heteroatoms. The number of nitrogens with two attached hydrogens (primary N) is 1. The molecular weight excluding hydrogens is 176 g/mol. The quantitative estimate of drug-likeness (QED) is 0.694. The maximum atomic E-state index is 11.1. The highest BCUT2D eigenvalue weighted by Gasteiger charge is 2.33. The van der Waals surface area contributed by atoms with Crippen LogP contribution in [0, 0.1) is 17.8 Å². The Hall–Kier alpha value is -0.570. The highest BCUT2D eigenvalue weighted by molar-refractivity contribution is 5.77. The molecule has 2 atom stereocenters. The Morgan fingerprint density at radius 1 is 1.21 bits per heavy atom. The molecule has 1 rings (SSSR count). The second-order valence-corrected chi connectivity index (χ2v) is 4.10. The fourth-order valence-electron chi connectivity index (χ4n) is 2.41. The molecule has 0 aromatic rings. The van der Waals surface area contributed by atoms with Crippen molar-refractivity contribution in [2.75, 3.05) is 20.1 Å². The van der Waals surface area contributed by atoms with Gasteiger partial charge in [0.15, 0.2) is 0 Å². The average Bonchev–Trinajstić information content (AvgIpc) is 2.04. The van der Waals surface area contributed by atoms with Gasteiger partial charge < -0.3 is 10.6 Å². The molecular formula is C11H24N2O. The van der Waals surface area contributed by atoms with E-state index in [0.717, 1.165) is 13.1 Å². The Balaban J connectivity index is 0.000000791. The van der Waals surface area contributed by atoms with E-state index in [1.807, 2.05) is 13.8 Å². The predicted molar refractivity (Wildman–Crippen MR) is 59.9 cm³/mol. The van der Waals surface area contributed by atoms with Crippen molar-refractivity contribution in [3.05, 3.63) is 0 Å². The Bertz CT molecular complexity index is 170. The van der Waals surface area contributed by atoms with Crippen molar-refractivity contribution in [3.8, 4) is 0 Å². The van der Waals surface area contributed by atoms with E-state index in [-0.39, 0.29) is 11.8 Å².